The summed E-state index contributed by atoms with van der Waals surface area (Å²) in [5.41, 5.74) is 7.24. The summed E-state index contributed by atoms with van der Waals surface area (Å²) in [6, 6.07) is 11.2. The van der Waals surface area contributed by atoms with Gasteiger partial charge in [0.15, 0.2) is 11.5 Å². The summed E-state index contributed by atoms with van der Waals surface area (Å²) < 4.78 is 16.9. The van der Waals surface area contributed by atoms with E-state index in [9.17, 15) is 4.79 Å². The molecule has 2 atom stereocenters. The number of amides is 1. The summed E-state index contributed by atoms with van der Waals surface area (Å²) in [7, 11) is 3.17. The molecule has 9 heteroatoms. The van der Waals surface area contributed by atoms with Crippen molar-refractivity contribution < 1.29 is 19.0 Å². The summed E-state index contributed by atoms with van der Waals surface area (Å²) in [5.74, 6) is 2.82. The molecule has 3 N–H and O–H groups in total. The van der Waals surface area contributed by atoms with Crippen LogP contribution in [0.2, 0.25) is 0 Å². The van der Waals surface area contributed by atoms with Crippen molar-refractivity contribution in [2.75, 3.05) is 33.9 Å². The number of hydrogen-bond donors (Lipinski definition) is 2. The first-order valence-electron chi connectivity index (χ1n) is 9.89. The number of nitrogens with one attached hydrogen (secondary N) is 1. The molecule has 2 fully saturated rings. The molecule has 2 heterocycles. The van der Waals surface area contributed by atoms with Gasteiger partial charge in [-0.05, 0) is 49.2 Å². The van der Waals surface area contributed by atoms with Gasteiger partial charge in [0.2, 0.25) is 0 Å². The molecule has 0 aromatic heterocycles. The minimum Gasteiger partial charge on any atom is -0.496 e. The zero-order valence-electron chi connectivity index (χ0n) is 17.6. The highest BCUT2D eigenvalue weighted by Gasteiger charge is 2.38. The number of fused-ring (bicyclic) bond motifs is 1. The van der Waals surface area contributed by atoms with Gasteiger partial charge in [0.25, 0.3) is 5.91 Å². The second-order valence-corrected chi connectivity index (χ2v) is 7.43. The van der Waals surface area contributed by atoms with Crippen LogP contribution in [0.3, 0.4) is 0 Å². The molecule has 0 bridgehead atoms. The van der Waals surface area contributed by atoms with Crippen LogP contribution in [-0.2, 0) is 6.54 Å². The van der Waals surface area contributed by atoms with Gasteiger partial charge < -0.3 is 30.2 Å². The fraction of sp³-hybridized carbons (Fsp3) is 0.409. The first kappa shape index (κ1) is 25.1. The van der Waals surface area contributed by atoms with Crippen molar-refractivity contribution in [2.45, 2.75) is 19.0 Å². The number of carbonyl (C=O) groups is 1. The van der Waals surface area contributed by atoms with E-state index >= 15 is 0 Å². The van der Waals surface area contributed by atoms with Crippen molar-refractivity contribution in [3.63, 3.8) is 0 Å². The van der Waals surface area contributed by atoms with E-state index in [4.69, 9.17) is 19.9 Å². The number of rotatable bonds is 6. The Kier molecular flexibility index (Phi) is 8.82. The molecular weight excluding hydrogens is 441 g/mol. The molecule has 2 aromatic carbocycles. The van der Waals surface area contributed by atoms with Crippen LogP contribution in [0.15, 0.2) is 36.4 Å². The molecule has 31 heavy (non-hydrogen) atoms. The summed E-state index contributed by atoms with van der Waals surface area (Å²) in [6.07, 6.45) is 1.13. The molecule has 0 aliphatic carbocycles. The van der Waals surface area contributed by atoms with Gasteiger partial charge in [-0.3, -0.25) is 4.79 Å². The Labute approximate surface area is 195 Å². The van der Waals surface area contributed by atoms with Crippen LogP contribution in [0.25, 0.3) is 0 Å². The van der Waals surface area contributed by atoms with E-state index in [0.29, 0.717) is 40.5 Å². The molecule has 7 nitrogen and oxygen atoms in total. The van der Waals surface area contributed by atoms with Crippen molar-refractivity contribution in [1.82, 2.24) is 10.2 Å². The molecule has 2 aliphatic heterocycles. The van der Waals surface area contributed by atoms with Crippen molar-refractivity contribution in [1.29, 1.82) is 0 Å². The maximum atomic E-state index is 13.1. The van der Waals surface area contributed by atoms with Gasteiger partial charge >= 0.3 is 0 Å². The average molecular weight is 470 g/mol. The van der Waals surface area contributed by atoms with E-state index in [-0.39, 0.29) is 37.3 Å². The fourth-order valence-electron chi connectivity index (χ4n) is 4.24. The highest BCUT2D eigenvalue weighted by Crippen LogP contribution is 2.37. The summed E-state index contributed by atoms with van der Waals surface area (Å²) >= 11 is 0. The minimum absolute atomic E-state index is 0. The van der Waals surface area contributed by atoms with Gasteiger partial charge in [-0.25, -0.2) is 0 Å². The van der Waals surface area contributed by atoms with Gasteiger partial charge in [-0.2, -0.15) is 0 Å². The van der Waals surface area contributed by atoms with Crippen LogP contribution in [0, 0.1) is 5.92 Å². The second kappa shape index (κ2) is 10.9. The summed E-state index contributed by atoms with van der Waals surface area (Å²) in [4.78, 5) is 15.0. The molecule has 1 amide bonds. The summed E-state index contributed by atoms with van der Waals surface area (Å²) in [6.45, 7) is 2.86. The molecule has 0 saturated carbocycles. The van der Waals surface area contributed by atoms with Gasteiger partial charge in [-0.1, -0.05) is 6.07 Å². The lowest BCUT2D eigenvalue weighted by Gasteiger charge is -2.19. The molecule has 0 unspecified atom stereocenters. The van der Waals surface area contributed by atoms with E-state index < -0.39 is 0 Å². The quantitative estimate of drug-likeness (QED) is 0.675. The maximum Gasteiger partial charge on any atom is 0.254 e. The molecular formula is C22H29Cl2N3O4. The third-order valence-electron chi connectivity index (χ3n) is 5.79. The van der Waals surface area contributed by atoms with Gasteiger partial charge in [-0.15, -0.1) is 24.8 Å². The van der Waals surface area contributed by atoms with Gasteiger partial charge in [0.1, 0.15) is 11.5 Å². The van der Waals surface area contributed by atoms with E-state index in [1.807, 2.05) is 23.1 Å². The SMILES string of the molecule is COc1ccc(C(=O)N2C[C@@H]3CCN[C@@H]3C2)cc1Oc1cccc(OC)c1CN.Cl.Cl. The smallest absolute Gasteiger partial charge is 0.254 e. The highest BCUT2D eigenvalue weighted by molar-refractivity contribution is 5.95. The molecule has 0 radical (unpaired) electrons. The van der Waals surface area contributed by atoms with Crippen molar-refractivity contribution in [3.05, 3.63) is 47.5 Å². The molecule has 2 aromatic rings. The number of hydrogen-bond acceptors (Lipinski definition) is 6. The number of methoxy groups -OCH3 is 2. The first-order valence-corrected chi connectivity index (χ1v) is 9.89. The molecule has 2 aliphatic rings. The Balaban J connectivity index is 0.00000171. The van der Waals surface area contributed by atoms with E-state index in [2.05, 4.69) is 5.32 Å². The topological polar surface area (TPSA) is 86.0 Å². The Morgan fingerprint density at radius 3 is 2.48 bits per heavy atom. The number of ether oxygens (including phenoxy) is 3. The summed E-state index contributed by atoms with van der Waals surface area (Å²) in [5, 5.41) is 3.48. The number of carbonyl (C=O) groups excluding carboxylic acids is 1. The molecule has 170 valence electrons. The Morgan fingerprint density at radius 2 is 1.81 bits per heavy atom. The standard InChI is InChI=1S/C22H27N3O4.2ClH/c1-27-18-4-3-5-19(16(18)11-23)29-21-10-14(6-7-20(21)28-2)22(26)25-12-15-8-9-24-17(15)13-25;;/h3-7,10,15,17,24H,8-9,11-13,23H2,1-2H3;2*1H/t15-,17+;;/m0../s1. The third kappa shape index (κ3) is 5.01. The number of halogens is 2. The molecule has 2 saturated heterocycles. The first-order chi connectivity index (χ1) is 14.1. The predicted octanol–water partition coefficient (Wildman–Crippen LogP) is 3.23. The lowest BCUT2D eigenvalue weighted by molar-refractivity contribution is 0.0782. The van der Waals surface area contributed by atoms with Crippen molar-refractivity contribution in [3.8, 4) is 23.0 Å². The van der Waals surface area contributed by atoms with Crippen LogP contribution in [0.1, 0.15) is 22.3 Å². The van der Waals surface area contributed by atoms with Crippen molar-refractivity contribution >= 4 is 30.7 Å². The lowest BCUT2D eigenvalue weighted by Crippen LogP contribution is -2.33. The van der Waals surface area contributed by atoms with E-state index in [1.165, 1.54) is 0 Å². The Morgan fingerprint density at radius 1 is 1.06 bits per heavy atom. The van der Waals surface area contributed by atoms with E-state index in [0.717, 1.165) is 31.6 Å². The third-order valence-corrected chi connectivity index (χ3v) is 5.79. The number of likely N-dealkylation sites (tertiary alicyclic amines) is 1. The van der Waals surface area contributed by atoms with Crippen LogP contribution in [-0.4, -0.2) is 50.7 Å². The Bertz CT molecular complexity index is 900. The monoisotopic (exact) mass is 469 g/mol. The van der Waals surface area contributed by atoms with Crippen LogP contribution >= 0.6 is 24.8 Å². The average Bonchev–Trinajstić information content (AvgIpc) is 3.35. The molecule has 4 rings (SSSR count). The zero-order chi connectivity index (χ0) is 20.4. The highest BCUT2D eigenvalue weighted by atomic mass is 35.5. The zero-order valence-corrected chi connectivity index (χ0v) is 19.3. The largest absolute Gasteiger partial charge is 0.496 e. The minimum atomic E-state index is 0. The second-order valence-electron chi connectivity index (χ2n) is 7.43. The number of nitrogens with two attached hydrogens (primary N) is 1. The van der Waals surface area contributed by atoms with Crippen LogP contribution in [0.4, 0.5) is 0 Å². The number of nitrogens with zero attached hydrogens (tertiary/aromatic N) is 1. The molecule has 0 spiro atoms. The van der Waals surface area contributed by atoms with Crippen LogP contribution < -0.4 is 25.3 Å². The van der Waals surface area contributed by atoms with Gasteiger partial charge in [0, 0.05) is 31.2 Å². The lowest BCUT2D eigenvalue weighted by atomic mass is 10.1. The normalized spacial score (nSPS) is 19.1. The van der Waals surface area contributed by atoms with E-state index in [1.54, 1.807) is 32.4 Å². The Hall–Kier alpha value is -2.19. The predicted molar refractivity (Wildman–Crippen MR) is 124 cm³/mol. The fourth-order valence-corrected chi connectivity index (χ4v) is 4.24. The van der Waals surface area contributed by atoms with Crippen molar-refractivity contribution in [2.24, 2.45) is 11.7 Å². The van der Waals surface area contributed by atoms with Gasteiger partial charge in [0.05, 0.1) is 19.8 Å². The van der Waals surface area contributed by atoms with Crippen LogP contribution in [0.5, 0.6) is 23.0 Å². The maximum absolute atomic E-state index is 13.1. The number of benzene rings is 2.